The fourth-order valence-electron chi connectivity index (χ4n) is 6.63. The molecule has 4 unspecified atom stereocenters. The summed E-state index contributed by atoms with van der Waals surface area (Å²) in [6.07, 6.45) is 2.18. The summed E-state index contributed by atoms with van der Waals surface area (Å²) in [5, 5.41) is 19.9. The molecule has 1 spiro atoms. The summed E-state index contributed by atoms with van der Waals surface area (Å²) in [6, 6.07) is 8.39. The Morgan fingerprint density at radius 1 is 1.14 bits per heavy atom. The third kappa shape index (κ3) is 4.34. The van der Waals surface area contributed by atoms with Gasteiger partial charge in [-0.25, -0.2) is 4.39 Å². The number of aliphatic hydroxyl groups excluding tert-OH is 1. The number of nitrogens with one attached hydrogen (secondary N) is 3. The number of hydrogen-bond acceptors (Lipinski definition) is 4. The van der Waals surface area contributed by atoms with Crippen LogP contribution in [0.1, 0.15) is 63.5 Å². The molecule has 0 bridgehead atoms. The van der Waals surface area contributed by atoms with Gasteiger partial charge in [0.25, 0.3) is 0 Å². The summed E-state index contributed by atoms with van der Waals surface area (Å²) >= 11 is 12.5. The van der Waals surface area contributed by atoms with Crippen molar-refractivity contribution in [1.29, 1.82) is 0 Å². The molecule has 1 saturated heterocycles. The number of carbonyl (C=O) groups excluding carboxylic acids is 2. The summed E-state index contributed by atoms with van der Waals surface area (Å²) in [5.74, 6) is -2.13. The molecule has 3 aliphatic rings. The van der Waals surface area contributed by atoms with E-state index in [4.69, 9.17) is 23.2 Å². The molecule has 1 aliphatic carbocycles. The predicted molar refractivity (Wildman–Crippen MR) is 142 cm³/mol. The Morgan fingerprint density at radius 3 is 2.51 bits per heavy atom. The molecule has 5 rings (SSSR count). The highest BCUT2D eigenvalue weighted by Crippen LogP contribution is 2.58. The van der Waals surface area contributed by atoms with Gasteiger partial charge in [-0.15, -0.1) is 0 Å². The number of hydrogen-bond donors (Lipinski definition) is 4. The molecular weight excluding hydrogens is 516 g/mol. The number of benzene rings is 2. The Morgan fingerprint density at radius 2 is 1.84 bits per heavy atom. The standard InChI is InChI=1S/C28H32Cl2FN3O3/c1-27(2,3)25-28(18-12-7-14(29)13-20(18)33-26(28)37)21(17-5-4-6-19(30)22(17)31)23(34-25)24(36)32-15-8-10-16(35)11-9-15/h4-7,12-13,15-16,21,23,25,34-35H,8-11H2,1-3H3,(H,32,36)(H,33,37). The number of amides is 2. The van der Waals surface area contributed by atoms with Gasteiger partial charge >= 0.3 is 0 Å². The molecule has 2 aromatic rings. The number of rotatable bonds is 3. The van der Waals surface area contributed by atoms with Crippen molar-refractivity contribution in [3.63, 3.8) is 0 Å². The molecule has 1 saturated carbocycles. The predicted octanol–water partition coefficient (Wildman–Crippen LogP) is 4.91. The summed E-state index contributed by atoms with van der Waals surface area (Å²) in [6.45, 7) is 6.01. The second-order valence-corrected chi connectivity index (χ2v) is 12.4. The first-order chi connectivity index (χ1) is 17.4. The van der Waals surface area contributed by atoms with Crippen LogP contribution in [0, 0.1) is 11.2 Å². The first kappa shape index (κ1) is 26.4. The lowest BCUT2D eigenvalue weighted by molar-refractivity contribution is -0.124. The number of fused-ring (bicyclic) bond motifs is 2. The second kappa shape index (κ2) is 9.53. The lowest BCUT2D eigenvalue weighted by atomic mass is 9.60. The topological polar surface area (TPSA) is 90.5 Å². The lowest BCUT2D eigenvalue weighted by Gasteiger charge is -2.41. The quantitative estimate of drug-likeness (QED) is 0.439. The van der Waals surface area contributed by atoms with E-state index >= 15 is 4.39 Å². The largest absolute Gasteiger partial charge is 0.393 e. The van der Waals surface area contributed by atoms with Gasteiger partial charge in [-0.1, -0.05) is 62.2 Å². The average molecular weight is 548 g/mol. The SMILES string of the molecule is CC(C)(C)C1NC(C(=O)NC2CCC(O)CC2)C(c2cccc(Cl)c2F)C12C(=O)Nc1cc(Cl)ccc12. The van der Waals surface area contributed by atoms with E-state index < -0.39 is 34.6 Å². The number of halogens is 3. The minimum Gasteiger partial charge on any atom is -0.393 e. The van der Waals surface area contributed by atoms with Gasteiger partial charge in [0.05, 0.1) is 17.2 Å². The molecule has 0 aromatic heterocycles. The van der Waals surface area contributed by atoms with Gasteiger partial charge in [-0.2, -0.15) is 0 Å². The Bertz CT molecular complexity index is 1240. The van der Waals surface area contributed by atoms with E-state index in [9.17, 15) is 14.7 Å². The van der Waals surface area contributed by atoms with Crippen molar-refractivity contribution in [1.82, 2.24) is 10.6 Å². The maximum Gasteiger partial charge on any atom is 0.238 e. The summed E-state index contributed by atoms with van der Waals surface area (Å²) in [7, 11) is 0. The maximum atomic E-state index is 15.7. The van der Waals surface area contributed by atoms with Crippen molar-refractivity contribution < 1.29 is 19.1 Å². The van der Waals surface area contributed by atoms with Crippen LogP contribution in [0.25, 0.3) is 0 Å². The van der Waals surface area contributed by atoms with E-state index in [2.05, 4.69) is 16.0 Å². The third-order valence-electron chi connectivity index (χ3n) is 8.18. The molecule has 6 nitrogen and oxygen atoms in total. The zero-order chi connectivity index (χ0) is 26.7. The van der Waals surface area contributed by atoms with Crippen molar-refractivity contribution in [3.8, 4) is 0 Å². The van der Waals surface area contributed by atoms with Gasteiger partial charge in [0.15, 0.2) is 0 Å². The smallest absolute Gasteiger partial charge is 0.238 e. The van der Waals surface area contributed by atoms with Gasteiger partial charge in [-0.3, -0.25) is 9.59 Å². The van der Waals surface area contributed by atoms with Crippen molar-refractivity contribution in [3.05, 3.63) is 63.4 Å². The minimum absolute atomic E-state index is 0.0676. The van der Waals surface area contributed by atoms with Crippen molar-refractivity contribution in [2.24, 2.45) is 5.41 Å². The van der Waals surface area contributed by atoms with E-state index in [0.29, 0.717) is 42.0 Å². The molecule has 9 heteroatoms. The van der Waals surface area contributed by atoms with Crippen LogP contribution in [0.3, 0.4) is 0 Å². The third-order valence-corrected chi connectivity index (χ3v) is 8.71. The zero-order valence-corrected chi connectivity index (χ0v) is 22.6. The fraction of sp³-hybridized carbons (Fsp3) is 0.500. The minimum atomic E-state index is -1.30. The first-order valence-electron chi connectivity index (χ1n) is 12.7. The van der Waals surface area contributed by atoms with Crippen LogP contribution in [0.4, 0.5) is 10.1 Å². The number of aliphatic hydroxyl groups is 1. The molecule has 0 radical (unpaired) electrons. The van der Waals surface area contributed by atoms with Gasteiger partial charge in [0.1, 0.15) is 11.2 Å². The normalized spacial score (nSPS) is 31.3. The average Bonchev–Trinajstić information content (AvgIpc) is 3.33. The molecule has 2 heterocycles. The van der Waals surface area contributed by atoms with Gasteiger partial charge in [0, 0.05) is 28.7 Å². The Hall–Kier alpha value is -2.19. The van der Waals surface area contributed by atoms with Crippen LogP contribution in [0.5, 0.6) is 0 Å². The van der Waals surface area contributed by atoms with E-state index in [-0.39, 0.29) is 34.5 Å². The molecule has 37 heavy (non-hydrogen) atoms. The summed E-state index contributed by atoms with van der Waals surface area (Å²) < 4.78 is 15.7. The monoisotopic (exact) mass is 547 g/mol. The van der Waals surface area contributed by atoms with Crippen LogP contribution in [0.15, 0.2) is 36.4 Å². The van der Waals surface area contributed by atoms with Crippen LogP contribution >= 0.6 is 23.2 Å². The van der Waals surface area contributed by atoms with Crippen molar-refractivity contribution in [2.45, 2.75) is 82.0 Å². The second-order valence-electron chi connectivity index (χ2n) is 11.6. The maximum absolute atomic E-state index is 15.7. The Kier molecular flexibility index (Phi) is 6.80. The molecule has 2 amide bonds. The fourth-order valence-corrected chi connectivity index (χ4v) is 6.98. The first-order valence-corrected chi connectivity index (χ1v) is 13.5. The molecule has 4 atom stereocenters. The molecule has 2 aliphatic heterocycles. The highest BCUT2D eigenvalue weighted by Gasteiger charge is 2.68. The van der Waals surface area contributed by atoms with Crippen molar-refractivity contribution in [2.75, 3.05) is 5.32 Å². The van der Waals surface area contributed by atoms with E-state index in [0.717, 1.165) is 0 Å². The molecule has 4 N–H and O–H groups in total. The van der Waals surface area contributed by atoms with E-state index in [1.54, 1.807) is 30.3 Å². The molecular formula is C28H32Cl2FN3O3. The highest BCUT2D eigenvalue weighted by atomic mass is 35.5. The van der Waals surface area contributed by atoms with Gasteiger partial charge in [-0.05, 0) is 60.4 Å². The van der Waals surface area contributed by atoms with Crippen LogP contribution in [-0.2, 0) is 15.0 Å². The van der Waals surface area contributed by atoms with E-state index in [1.165, 1.54) is 6.07 Å². The van der Waals surface area contributed by atoms with E-state index in [1.807, 2.05) is 20.8 Å². The Labute approximate surface area is 226 Å². The number of carbonyl (C=O) groups is 2. The van der Waals surface area contributed by atoms with Crippen LogP contribution in [0.2, 0.25) is 10.0 Å². The molecule has 2 aromatic carbocycles. The van der Waals surface area contributed by atoms with Gasteiger partial charge in [0.2, 0.25) is 11.8 Å². The van der Waals surface area contributed by atoms with Crippen LogP contribution < -0.4 is 16.0 Å². The lowest BCUT2D eigenvalue weighted by Crippen LogP contribution is -2.54. The zero-order valence-electron chi connectivity index (χ0n) is 21.1. The summed E-state index contributed by atoms with van der Waals surface area (Å²) in [5.41, 5.74) is -0.341. The Balaban J connectivity index is 1.69. The van der Waals surface area contributed by atoms with Crippen molar-refractivity contribution >= 4 is 40.7 Å². The highest BCUT2D eigenvalue weighted by molar-refractivity contribution is 6.31. The van der Waals surface area contributed by atoms with Gasteiger partial charge < -0.3 is 21.1 Å². The molecule has 198 valence electrons. The van der Waals surface area contributed by atoms with Crippen LogP contribution in [-0.4, -0.2) is 41.2 Å². The number of anilines is 1. The molecule has 2 fully saturated rings. The summed E-state index contributed by atoms with van der Waals surface area (Å²) in [4.78, 5) is 28.0.